The van der Waals surface area contributed by atoms with Gasteiger partial charge in [-0.05, 0) is 35.0 Å². The first-order valence-corrected chi connectivity index (χ1v) is 5.56. The quantitative estimate of drug-likeness (QED) is 0.762. The van der Waals surface area contributed by atoms with Crippen molar-refractivity contribution in [1.29, 1.82) is 0 Å². The average molecular weight is 255 g/mol. The molecule has 0 N–H and O–H groups in total. The van der Waals surface area contributed by atoms with Crippen LogP contribution >= 0.6 is 24.3 Å². The molecule has 1 aromatic carbocycles. The topological polar surface area (TPSA) is 17.8 Å². The number of benzene rings is 1. The lowest BCUT2D eigenvalue weighted by atomic mass is 10.3. The number of hydrogen-bond acceptors (Lipinski definition) is 1. The largest absolute Gasteiger partial charge is 0.214 e. The predicted molar refractivity (Wildman–Crippen MR) is 58.5 cm³/mol. The van der Waals surface area contributed by atoms with Gasteiger partial charge in [0, 0.05) is 0 Å². The highest BCUT2D eigenvalue weighted by Gasteiger charge is 2.02. The van der Waals surface area contributed by atoms with Crippen molar-refractivity contribution in [2.24, 2.45) is 0 Å². The Morgan fingerprint density at radius 1 is 1.31 bits per heavy atom. The fraction of sp³-hybridized carbons (Fsp3) is 0.111. The summed E-state index contributed by atoms with van der Waals surface area (Å²) < 4.78 is 3.09. The summed E-state index contributed by atoms with van der Waals surface area (Å²) in [7, 11) is 1.09. The van der Waals surface area contributed by atoms with Crippen molar-refractivity contribution in [2.75, 3.05) is 0 Å². The molecule has 2 aromatic rings. The first-order chi connectivity index (χ1) is 6.27. The summed E-state index contributed by atoms with van der Waals surface area (Å²) in [5.41, 5.74) is 2.17. The van der Waals surface area contributed by atoms with Crippen molar-refractivity contribution >= 4 is 24.3 Å². The molecule has 1 heterocycles. The van der Waals surface area contributed by atoms with Crippen LogP contribution in [0.25, 0.3) is 5.69 Å². The van der Waals surface area contributed by atoms with Gasteiger partial charge >= 0.3 is 0 Å². The predicted octanol–water partition coefficient (Wildman–Crippen LogP) is 3.52. The first-order valence-electron chi connectivity index (χ1n) is 3.92. The molecule has 0 spiro atoms. The van der Waals surface area contributed by atoms with Crippen LogP contribution < -0.4 is 0 Å². The fourth-order valence-corrected chi connectivity index (χ4v) is 2.35. The Kier molecular flexibility index (Phi) is 2.47. The van der Waals surface area contributed by atoms with Crippen LogP contribution in [0.4, 0.5) is 0 Å². The van der Waals surface area contributed by atoms with E-state index in [1.54, 1.807) is 0 Å². The van der Waals surface area contributed by atoms with E-state index in [0.717, 1.165) is 23.9 Å². The molecule has 0 fully saturated rings. The molecule has 2 nitrogen and oxygen atoms in total. The van der Waals surface area contributed by atoms with Crippen LogP contribution in [-0.2, 0) is 0 Å². The lowest BCUT2D eigenvalue weighted by Crippen LogP contribution is -1.90. The number of para-hydroxylation sites is 1. The number of rotatable bonds is 1. The van der Waals surface area contributed by atoms with Crippen LogP contribution in [0.15, 0.2) is 34.5 Å². The van der Waals surface area contributed by atoms with Gasteiger partial charge in [0.25, 0.3) is 0 Å². The Labute approximate surface area is 86.9 Å². The van der Waals surface area contributed by atoms with Gasteiger partial charge in [-0.2, -0.15) is 5.10 Å². The standard InChI is InChI=1S/C9H8BrN2P/c1-7-9(10)13-12(11-7)8-5-3-2-4-6-8/h2-6H,1H3. The molecule has 0 saturated carbocycles. The van der Waals surface area contributed by atoms with E-state index in [9.17, 15) is 0 Å². The highest BCUT2D eigenvalue weighted by molar-refractivity contribution is 9.11. The molecule has 0 saturated heterocycles. The second kappa shape index (κ2) is 3.60. The van der Waals surface area contributed by atoms with E-state index in [-0.39, 0.29) is 0 Å². The van der Waals surface area contributed by atoms with Crippen molar-refractivity contribution in [3.05, 3.63) is 40.2 Å². The van der Waals surface area contributed by atoms with E-state index in [1.165, 1.54) is 0 Å². The fourth-order valence-electron chi connectivity index (χ4n) is 1.04. The van der Waals surface area contributed by atoms with E-state index in [0.29, 0.717) is 0 Å². The molecule has 0 unspecified atom stereocenters. The highest BCUT2D eigenvalue weighted by atomic mass is 79.9. The van der Waals surface area contributed by atoms with Crippen LogP contribution in [0.5, 0.6) is 0 Å². The Hall–Kier alpha value is -0.660. The third-order valence-corrected chi connectivity index (χ3v) is 3.77. The second-order valence-corrected chi connectivity index (χ2v) is 5.13. The van der Waals surface area contributed by atoms with E-state index in [1.807, 2.05) is 29.6 Å². The summed E-state index contributed by atoms with van der Waals surface area (Å²) in [5.74, 6) is 0. The summed E-state index contributed by atoms with van der Waals surface area (Å²) in [6.45, 7) is 2.00. The van der Waals surface area contributed by atoms with Gasteiger partial charge in [-0.15, -0.1) is 0 Å². The van der Waals surface area contributed by atoms with Gasteiger partial charge < -0.3 is 0 Å². The molecule has 1 aromatic heterocycles. The molecule has 66 valence electrons. The minimum absolute atomic E-state index is 1.05. The van der Waals surface area contributed by atoms with Gasteiger partial charge in [-0.3, -0.25) is 0 Å². The van der Waals surface area contributed by atoms with Crippen LogP contribution in [0.3, 0.4) is 0 Å². The second-order valence-electron chi connectivity index (χ2n) is 2.70. The van der Waals surface area contributed by atoms with Gasteiger partial charge in [-0.1, -0.05) is 18.2 Å². The molecule has 13 heavy (non-hydrogen) atoms. The lowest BCUT2D eigenvalue weighted by Gasteiger charge is -1.97. The van der Waals surface area contributed by atoms with E-state index in [4.69, 9.17) is 0 Å². The third-order valence-electron chi connectivity index (χ3n) is 1.71. The molecule has 0 bridgehead atoms. The van der Waals surface area contributed by atoms with Crippen molar-refractivity contribution < 1.29 is 0 Å². The summed E-state index contributed by atoms with van der Waals surface area (Å²) in [6, 6.07) is 10.1. The average Bonchev–Trinajstić information content (AvgIpc) is 2.49. The number of aromatic nitrogens is 2. The zero-order chi connectivity index (χ0) is 9.26. The first kappa shape index (κ1) is 8.92. The molecular weight excluding hydrogens is 247 g/mol. The van der Waals surface area contributed by atoms with Gasteiger partial charge in [0.05, 0.1) is 23.9 Å². The molecule has 2 rings (SSSR count). The highest BCUT2D eigenvalue weighted by Crippen LogP contribution is 2.27. The normalized spacial score (nSPS) is 10.9. The number of nitrogens with zero attached hydrogens (tertiary/aromatic N) is 2. The Morgan fingerprint density at radius 3 is 2.54 bits per heavy atom. The Bertz CT molecular complexity index is 391. The molecule has 0 amide bonds. The maximum atomic E-state index is 4.39. The Balaban J connectivity index is 2.48. The molecule has 0 radical (unpaired) electrons. The van der Waals surface area contributed by atoms with Crippen LogP contribution in [0, 0.1) is 6.92 Å². The summed E-state index contributed by atoms with van der Waals surface area (Å²) in [6.07, 6.45) is 0. The molecule has 0 aliphatic heterocycles. The summed E-state index contributed by atoms with van der Waals surface area (Å²) in [4.78, 5) is 0. The van der Waals surface area contributed by atoms with Crippen molar-refractivity contribution in [3.63, 3.8) is 0 Å². The van der Waals surface area contributed by atoms with Crippen molar-refractivity contribution in [3.8, 4) is 5.69 Å². The van der Waals surface area contributed by atoms with Crippen LogP contribution in [-0.4, -0.2) is 9.54 Å². The zero-order valence-electron chi connectivity index (χ0n) is 7.11. The molecule has 0 aliphatic rings. The summed E-state index contributed by atoms with van der Waals surface area (Å²) >= 11 is 3.47. The minimum atomic E-state index is 1.05. The maximum absolute atomic E-state index is 4.39. The molecule has 0 atom stereocenters. The van der Waals surface area contributed by atoms with E-state index in [2.05, 4.69) is 33.2 Å². The Morgan fingerprint density at radius 2 is 2.00 bits per heavy atom. The van der Waals surface area contributed by atoms with Gasteiger partial charge in [0.15, 0.2) is 0 Å². The minimum Gasteiger partial charge on any atom is -0.214 e. The van der Waals surface area contributed by atoms with Gasteiger partial charge in [0.1, 0.15) is 0 Å². The summed E-state index contributed by atoms with van der Waals surface area (Å²) in [5, 5.41) is 4.39. The zero-order valence-corrected chi connectivity index (χ0v) is 9.59. The van der Waals surface area contributed by atoms with Crippen molar-refractivity contribution in [2.45, 2.75) is 6.92 Å². The lowest BCUT2D eigenvalue weighted by molar-refractivity contribution is 0.925. The molecule has 4 heteroatoms. The smallest absolute Gasteiger partial charge is 0.0866 e. The monoisotopic (exact) mass is 254 g/mol. The van der Waals surface area contributed by atoms with Crippen LogP contribution in [0.2, 0.25) is 0 Å². The van der Waals surface area contributed by atoms with E-state index < -0.39 is 0 Å². The van der Waals surface area contributed by atoms with Crippen molar-refractivity contribution in [1.82, 2.24) is 9.54 Å². The van der Waals surface area contributed by atoms with Crippen LogP contribution in [0.1, 0.15) is 5.69 Å². The third kappa shape index (κ3) is 1.82. The maximum Gasteiger partial charge on any atom is 0.0866 e. The number of halogens is 1. The number of aryl methyl sites for hydroxylation is 1. The van der Waals surface area contributed by atoms with Gasteiger partial charge in [0.2, 0.25) is 0 Å². The van der Waals surface area contributed by atoms with E-state index >= 15 is 0 Å². The molecular formula is C9H8BrN2P. The molecule has 0 aliphatic carbocycles. The number of hydrogen-bond donors (Lipinski definition) is 0. The SMILES string of the molecule is Cc1nn(-c2ccccc2)pc1Br. The van der Waals surface area contributed by atoms with Gasteiger partial charge in [-0.25, -0.2) is 4.44 Å².